The Kier molecular flexibility index (Phi) is 4.74. The Morgan fingerprint density at radius 2 is 1.80 bits per heavy atom. The van der Waals surface area contributed by atoms with Crippen LogP contribution in [0.25, 0.3) is 0 Å². The normalized spacial score (nSPS) is 10.4. The molecule has 2 aromatic rings. The largest absolute Gasteiger partial charge is 0.321 e. The molecule has 0 aliphatic carbocycles. The third kappa shape index (κ3) is 3.35. The van der Waals surface area contributed by atoms with Crippen molar-refractivity contribution in [2.75, 3.05) is 5.32 Å². The summed E-state index contributed by atoms with van der Waals surface area (Å²) in [6.07, 6.45) is 0. The molecule has 0 aromatic heterocycles. The fourth-order valence-corrected chi connectivity index (χ4v) is 2.76. The Labute approximate surface area is 136 Å². The maximum absolute atomic E-state index is 12.3. The minimum atomic E-state index is -0.195. The highest BCUT2D eigenvalue weighted by Crippen LogP contribution is 2.29. The van der Waals surface area contributed by atoms with Crippen molar-refractivity contribution in [2.45, 2.75) is 13.8 Å². The van der Waals surface area contributed by atoms with Gasteiger partial charge in [0.05, 0.1) is 5.69 Å². The van der Waals surface area contributed by atoms with E-state index in [-0.39, 0.29) is 5.91 Å². The third-order valence-corrected chi connectivity index (χ3v) is 4.23. The van der Waals surface area contributed by atoms with Gasteiger partial charge in [0.15, 0.2) is 0 Å². The minimum absolute atomic E-state index is 0.195. The van der Waals surface area contributed by atoms with Crippen LogP contribution in [0.1, 0.15) is 21.5 Å². The van der Waals surface area contributed by atoms with Gasteiger partial charge < -0.3 is 5.32 Å². The van der Waals surface area contributed by atoms with Crippen LogP contribution in [0.5, 0.6) is 0 Å². The quantitative estimate of drug-likeness (QED) is 0.727. The van der Waals surface area contributed by atoms with Crippen LogP contribution in [0, 0.1) is 13.8 Å². The first kappa shape index (κ1) is 15.4. The Hall–Kier alpha value is -1.03. The summed E-state index contributed by atoms with van der Waals surface area (Å²) in [5.74, 6) is -0.195. The van der Waals surface area contributed by atoms with Crippen LogP contribution in [0.2, 0.25) is 10.0 Å². The summed E-state index contributed by atoms with van der Waals surface area (Å²) in [4.78, 5) is 12.3. The molecule has 0 aliphatic rings. The SMILES string of the molecule is Cc1cc(Br)c(NC(=O)c2ccc(Cl)cc2C)cc1Cl. The van der Waals surface area contributed by atoms with E-state index < -0.39 is 0 Å². The van der Waals surface area contributed by atoms with E-state index in [0.29, 0.717) is 21.3 Å². The second kappa shape index (κ2) is 6.17. The minimum Gasteiger partial charge on any atom is -0.321 e. The van der Waals surface area contributed by atoms with Crippen LogP contribution in [-0.4, -0.2) is 5.91 Å². The smallest absolute Gasteiger partial charge is 0.255 e. The van der Waals surface area contributed by atoms with Gasteiger partial charge in [-0.1, -0.05) is 23.2 Å². The van der Waals surface area contributed by atoms with Crippen LogP contribution >= 0.6 is 39.1 Å². The first-order valence-corrected chi connectivity index (χ1v) is 7.46. The lowest BCUT2D eigenvalue weighted by Crippen LogP contribution is -2.13. The summed E-state index contributed by atoms with van der Waals surface area (Å²) >= 11 is 15.4. The number of rotatable bonds is 2. The summed E-state index contributed by atoms with van der Waals surface area (Å²) in [6.45, 7) is 3.75. The van der Waals surface area contributed by atoms with Gasteiger partial charge in [-0.25, -0.2) is 0 Å². The topological polar surface area (TPSA) is 29.1 Å². The first-order valence-electron chi connectivity index (χ1n) is 5.91. The number of amides is 1. The standard InChI is InChI=1S/C15H12BrCl2NO/c1-8-5-10(17)3-4-11(8)15(20)19-14-7-13(18)9(2)6-12(14)16/h3-7H,1-2H3,(H,19,20). The number of nitrogens with one attached hydrogen (secondary N) is 1. The van der Waals surface area contributed by atoms with Gasteiger partial charge in [-0.2, -0.15) is 0 Å². The van der Waals surface area contributed by atoms with Crippen molar-refractivity contribution in [3.05, 3.63) is 61.5 Å². The highest BCUT2D eigenvalue weighted by molar-refractivity contribution is 9.10. The molecule has 104 valence electrons. The lowest BCUT2D eigenvalue weighted by Gasteiger charge is -2.11. The van der Waals surface area contributed by atoms with Gasteiger partial charge in [0, 0.05) is 20.1 Å². The number of carbonyl (C=O) groups excluding carboxylic acids is 1. The van der Waals surface area contributed by atoms with Gasteiger partial charge in [-0.05, 0) is 71.2 Å². The second-order valence-corrected chi connectivity index (χ2v) is 6.19. The molecular formula is C15H12BrCl2NO. The molecule has 0 bridgehead atoms. The molecular weight excluding hydrogens is 361 g/mol. The highest BCUT2D eigenvalue weighted by atomic mass is 79.9. The van der Waals surface area contributed by atoms with Crippen molar-refractivity contribution in [1.29, 1.82) is 0 Å². The number of carbonyl (C=O) groups is 1. The molecule has 0 radical (unpaired) electrons. The molecule has 0 heterocycles. The molecule has 0 spiro atoms. The third-order valence-electron chi connectivity index (χ3n) is 2.93. The number of anilines is 1. The predicted molar refractivity (Wildman–Crippen MR) is 88.0 cm³/mol. The second-order valence-electron chi connectivity index (χ2n) is 4.49. The predicted octanol–water partition coefficient (Wildman–Crippen LogP) is 5.63. The van der Waals surface area contributed by atoms with Crippen LogP contribution in [0.15, 0.2) is 34.8 Å². The van der Waals surface area contributed by atoms with Crippen LogP contribution in [0.3, 0.4) is 0 Å². The van der Waals surface area contributed by atoms with E-state index in [1.165, 1.54) is 0 Å². The van der Waals surface area contributed by atoms with E-state index in [0.717, 1.165) is 15.6 Å². The van der Waals surface area contributed by atoms with Crippen molar-refractivity contribution in [2.24, 2.45) is 0 Å². The fourth-order valence-electron chi connectivity index (χ4n) is 1.81. The summed E-state index contributed by atoms with van der Waals surface area (Å²) in [5.41, 5.74) is 2.99. The maximum Gasteiger partial charge on any atom is 0.255 e. The molecule has 5 heteroatoms. The molecule has 2 nitrogen and oxygen atoms in total. The van der Waals surface area contributed by atoms with Gasteiger partial charge in [-0.15, -0.1) is 0 Å². The molecule has 0 atom stereocenters. The molecule has 1 amide bonds. The van der Waals surface area contributed by atoms with E-state index >= 15 is 0 Å². The monoisotopic (exact) mass is 371 g/mol. The van der Waals surface area contributed by atoms with E-state index in [2.05, 4.69) is 21.2 Å². The lowest BCUT2D eigenvalue weighted by atomic mass is 10.1. The number of halogens is 3. The van der Waals surface area contributed by atoms with Crippen molar-refractivity contribution in [1.82, 2.24) is 0 Å². The Bertz CT molecular complexity index is 686. The van der Waals surface area contributed by atoms with Crippen molar-refractivity contribution in [3.8, 4) is 0 Å². The summed E-state index contributed by atoms with van der Waals surface area (Å²) < 4.78 is 0.791. The van der Waals surface area contributed by atoms with Crippen molar-refractivity contribution >= 4 is 50.7 Å². The Balaban J connectivity index is 2.30. The van der Waals surface area contributed by atoms with Gasteiger partial charge in [0.1, 0.15) is 0 Å². The van der Waals surface area contributed by atoms with Crippen LogP contribution in [0.4, 0.5) is 5.69 Å². The Morgan fingerprint density at radius 1 is 1.10 bits per heavy atom. The maximum atomic E-state index is 12.3. The molecule has 0 saturated carbocycles. The molecule has 0 saturated heterocycles. The molecule has 0 unspecified atom stereocenters. The number of hydrogen-bond acceptors (Lipinski definition) is 1. The van der Waals surface area contributed by atoms with Gasteiger partial charge in [0.2, 0.25) is 0 Å². The van der Waals surface area contributed by atoms with Crippen molar-refractivity contribution < 1.29 is 4.79 Å². The number of aryl methyl sites for hydroxylation is 2. The highest BCUT2D eigenvalue weighted by Gasteiger charge is 2.12. The van der Waals surface area contributed by atoms with E-state index in [4.69, 9.17) is 23.2 Å². The summed E-state index contributed by atoms with van der Waals surface area (Å²) in [7, 11) is 0. The zero-order chi connectivity index (χ0) is 14.9. The van der Waals surface area contributed by atoms with Crippen LogP contribution in [-0.2, 0) is 0 Å². The van der Waals surface area contributed by atoms with E-state index in [1.807, 2.05) is 19.9 Å². The Morgan fingerprint density at radius 3 is 2.45 bits per heavy atom. The molecule has 0 fully saturated rings. The first-order chi connectivity index (χ1) is 9.38. The van der Waals surface area contributed by atoms with Gasteiger partial charge in [-0.3, -0.25) is 4.79 Å². The molecule has 2 aromatic carbocycles. The molecule has 0 aliphatic heterocycles. The van der Waals surface area contributed by atoms with Crippen LogP contribution < -0.4 is 5.32 Å². The molecule has 20 heavy (non-hydrogen) atoms. The average Bonchev–Trinajstić information content (AvgIpc) is 2.35. The molecule has 2 rings (SSSR count). The van der Waals surface area contributed by atoms with E-state index in [9.17, 15) is 4.79 Å². The number of benzene rings is 2. The molecule has 1 N–H and O–H groups in total. The number of hydrogen-bond donors (Lipinski definition) is 1. The van der Waals surface area contributed by atoms with Crippen molar-refractivity contribution in [3.63, 3.8) is 0 Å². The summed E-state index contributed by atoms with van der Waals surface area (Å²) in [6, 6.07) is 8.75. The zero-order valence-corrected chi connectivity index (χ0v) is 14.0. The fraction of sp³-hybridized carbons (Fsp3) is 0.133. The lowest BCUT2D eigenvalue weighted by molar-refractivity contribution is 0.102. The zero-order valence-electron chi connectivity index (χ0n) is 10.9. The van der Waals surface area contributed by atoms with E-state index in [1.54, 1.807) is 24.3 Å². The summed E-state index contributed by atoms with van der Waals surface area (Å²) in [5, 5.41) is 4.06. The van der Waals surface area contributed by atoms with Gasteiger partial charge in [0.25, 0.3) is 5.91 Å². The average molecular weight is 373 g/mol. The van der Waals surface area contributed by atoms with Gasteiger partial charge >= 0.3 is 0 Å².